The van der Waals surface area contributed by atoms with Crippen LogP contribution in [0.5, 0.6) is 0 Å². The second-order valence-electron chi connectivity index (χ2n) is 3.90. The van der Waals surface area contributed by atoms with Crippen molar-refractivity contribution in [3.05, 3.63) is 16.1 Å². The minimum Gasteiger partial charge on any atom is -0.296 e. The molecule has 0 unspecified atom stereocenters. The molecule has 0 fully saturated rings. The van der Waals surface area contributed by atoms with Crippen LogP contribution in [0.1, 0.15) is 31.3 Å². The van der Waals surface area contributed by atoms with Gasteiger partial charge in [0.05, 0.1) is 23.4 Å². The number of nitrogens with zero attached hydrogens (tertiary/aromatic N) is 1. The monoisotopic (exact) mass is 200 g/mol. The van der Waals surface area contributed by atoms with Crippen LogP contribution in [-0.4, -0.2) is 10.6 Å². The highest BCUT2D eigenvalue weighted by atomic mass is 32.1. The van der Waals surface area contributed by atoms with Crippen molar-refractivity contribution in [1.82, 2.24) is 10.5 Å². The van der Waals surface area contributed by atoms with Crippen molar-refractivity contribution in [1.29, 1.82) is 0 Å². The smallest absolute Gasteiger partial charge is 0.0813 e. The van der Waals surface area contributed by atoms with Gasteiger partial charge in [-0.05, 0) is 27.7 Å². The SMILES string of the molecule is Cc1ncsc1CNOC(C)(C)C. The van der Waals surface area contributed by atoms with E-state index in [2.05, 4.69) is 10.5 Å². The lowest BCUT2D eigenvalue weighted by atomic mass is 10.2. The lowest BCUT2D eigenvalue weighted by molar-refractivity contribution is -0.0755. The summed E-state index contributed by atoms with van der Waals surface area (Å²) in [6.45, 7) is 8.77. The minimum absolute atomic E-state index is 0.140. The maximum absolute atomic E-state index is 5.39. The molecule has 0 bridgehead atoms. The molecule has 13 heavy (non-hydrogen) atoms. The first-order chi connectivity index (χ1) is 5.99. The molecule has 74 valence electrons. The Morgan fingerprint density at radius 3 is 2.69 bits per heavy atom. The van der Waals surface area contributed by atoms with E-state index in [9.17, 15) is 0 Å². The highest BCUT2D eigenvalue weighted by Crippen LogP contribution is 2.12. The molecular formula is C9H16N2OS. The van der Waals surface area contributed by atoms with E-state index < -0.39 is 0 Å². The summed E-state index contributed by atoms with van der Waals surface area (Å²) in [5.41, 5.74) is 5.73. The predicted molar refractivity (Wildman–Crippen MR) is 54.5 cm³/mol. The van der Waals surface area contributed by atoms with E-state index in [1.54, 1.807) is 11.3 Å². The third kappa shape index (κ3) is 3.85. The molecule has 0 atom stereocenters. The van der Waals surface area contributed by atoms with E-state index in [1.807, 2.05) is 33.2 Å². The summed E-state index contributed by atoms with van der Waals surface area (Å²) < 4.78 is 0. The zero-order valence-corrected chi connectivity index (χ0v) is 9.36. The Labute approximate surface area is 83.1 Å². The number of rotatable bonds is 3. The molecule has 0 aliphatic carbocycles. The van der Waals surface area contributed by atoms with E-state index >= 15 is 0 Å². The highest BCUT2D eigenvalue weighted by molar-refractivity contribution is 7.09. The molecule has 0 aliphatic rings. The summed E-state index contributed by atoms with van der Waals surface area (Å²) in [6, 6.07) is 0. The topological polar surface area (TPSA) is 34.2 Å². The second-order valence-corrected chi connectivity index (χ2v) is 4.84. The zero-order valence-electron chi connectivity index (χ0n) is 8.55. The van der Waals surface area contributed by atoms with E-state index in [4.69, 9.17) is 4.84 Å². The Balaban J connectivity index is 2.32. The van der Waals surface area contributed by atoms with Gasteiger partial charge in [0.15, 0.2) is 0 Å². The first-order valence-corrected chi connectivity index (χ1v) is 5.17. The molecule has 1 rings (SSSR count). The molecule has 0 aromatic carbocycles. The third-order valence-corrected chi connectivity index (χ3v) is 2.39. The molecule has 4 heteroatoms. The summed E-state index contributed by atoms with van der Waals surface area (Å²) >= 11 is 1.65. The molecule has 0 saturated heterocycles. The van der Waals surface area contributed by atoms with Crippen LogP contribution in [0.2, 0.25) is 0 Å². The van der Waals surface area contributed by atoms with Gasteiger partial charge in [0.1, 0.15) is 0 Å². The number of aromatic nitrogens is 1. The summed E-state index contributed by atoms with van der Waals surface area (Å²) in [5.74, 6) is 0. The molecule has 0 saturated carbocycles. The molecule has 0 radical (unpaired) electrons. The second kappa shape index (κ2) is 4.17. The molecule has 0 aliphatic heterocycles. The van der Waals surface area contributed by atoms with Gasteiger partial charge >= 0.3 is 0 Å². The standard InChI is InChI=1S/C9H16N2OS/c1-7-8(13-6-10-7)5-11-12-9(2,3)4/h6,11H,5H2,1-4H3. The van der Waals surface area contributed by atoms with E-state index in [-0.39, 0.29) is 5.60 Å². The van der Waals surface area contributed by atoms with Crippen molar-refractivity contribution >= 4 is 11.3 Å². The molecule has 0 spiro atoms. The van der Waals surface area contributed by atoms with Crippen molar-refractivity contribution in [2.75, 3.05) is 0 Å². The van der Waals surface area contributed by atoms with Crippen LogP contribution in [-0.2, 0) is 11.4 Å². The summed E-state index contributed by atoms with van der Waals surface area (Å²) in [4.78, 5) is 10.8. The highest BCUT2D eigenvalue weighted by Gasteiger charge is 2.10. The van der Waals surface area contributed by atoms with Crippen LogP contribution in [0, 0.1) is 6.92 Å². The van der Waals surface area contributed by atoms with Crippen molar-refractivity contribution in [3.8, 4) is 0 Å². The molecule has 1 N–H and O–H groups in total. The number of hydrogen-bond acceptors (Lipinski definition) is 4. The average Bonchev–Trinajstić information content (AvgIpc) is 2.34. The van der Waals surface area contributed by atoms with Crippen molar-refractivity contribution in [3.63, 3.8) is 0 Å². The normalized spacial score (nSPS) is 12.0. The third-order valence-electron chi connectivity index (χ3n) is 1.46. The number of hydroxylamine groups is 1. The van der Waals surface area contributed by atoms with Crippen LogP contribution in [0.4, 0.5) is 0 Å². The van der Waals surface area contributed by atoms with Gasteiger partial charge in [0, 0.05) is 4.88 Å². The Morgan fingerprint density at radius 2 is 2.23 bits per heavy atom. The maximum atomic E-state index is 5.39. The zero-order chi connectivity index (χ0) is 9.90. The van der Waals surface area contributed by atoms with Crippen LogP contribution < -0.4 is 5.48 Å². The molecule has 1 aromatic rings. The predicted octanol–water partition coefficient (Wildman–Crippen LogP) is 2.27. The molecule has 3 nitrogen and oxygen atoms in total. The van der Waals surface area contributed by atoms with Gasteiger partial charge in [0.25, 0.3) is 0 Å². The van der Waals surface area contributed by atoms with E-state index in [0.29, 0.717) is 0 Å². The lowest BCUT2D eigenvalue weighted by Crippen LogP contribution is -2.28. The van der Waals surface area contributed by atoms with Gasteiger partial charge in [-0.15, -0.1) is 11.3 Å². The van der Waals surface area contributed by atoms with Crippen molar-refractivity contribution in [2.24, 2.45) is 0 Å². The Hall–Kier alpha value is -0.450. The summed E-state index contributed by atoms with van der Waals surface area (Å²) in [6.07, 6.45) is 0. The lowest BCUT2D eigenvalue weighted by Gasteiger charge is -2.18. The van der Waals surface area contributed by atoms with Crippen LogP contribution in [0.25, 0.3) is 0 Å². The van der Waals surface area contributed by atoms with Gasteiger partial charge in [-0.2, -0.15) is 5.48 Å². The van der Waals surface area contributed by atoms with Crippen LogP contribution >= 0.6 is 11.3 Å². The number of thiazole rings is 1. The van der Waals surface area contributed by atoms with Gasteiger partial charge < -0.3 is 0 Å². The van der Waals surface area contributed by atoms with Crippen molar-refractivity contribution < 1.29 is 4.84 Å². The first kappa shape index (κ1) is 10.6. The van der Waals surface area contributed by atoms with Crippen LogP contribution in [0.15, 0.2) is 5.51 Å². The van der Waals surface area contributed by atoms with Gasteiger partial charge in [-0.3, -0.25) is 4.84 Å². The average molecular weight is 200 g/mol. The van der Waals surface area contributed by atoms with Gasteiger partial charge in [-0.25, -0.2) is 4.98 Å². The fourth-order valence-corrected chi connectivity index (χ4v) is 1.52. The number of aryl methyl sites for hydroxylation is 1. The maximum Gasteiger partial charge on any atom is 0.0813 e. The molecule has 0 amide bonds. The summed E-state index contributed by atoms with van der Waals surface area (Å²) in [7, 11) is 0. The van der Waals surface area contributed by atoms with Crippen LogP contribution in [0.3, 0.4) is 0 Å². The Morgan fingerprint density at radius 1 is 1.54 bits per heavy atom. The van der Waals surface area contributed by atoms with Gasteiger partial charge in [0.2, 0.25) is 0 Å². The number of hydrogen-bond donors (Lipinski definition) is 1. The van der Waals surface area contributed by atoms with E-state index in [0.717, 1.165) is 12.2 Å². The quantitative estimate of drug-likeness (QED) is 0.760. The Kier molecular flexibility index (Phi) is 3.41. The number of nitrogens with one attached hydrogen (secondary N) is 1. The minimum atomic E-state index is -0.140. The largest absolute Gasteiger partial charge is 0.296 e. The van der Waals surface area contributed by atoms with Gasteiger partial charge in [-0.1, -0.05) is 0 Å². The molecule has 1 heterocycles. The molecular weight excluding hydrogens is 184 g/mol. The fraction of sp³-hybridized carbons (Fsp3) is 0.667. The Bertz CT molecular complexity index is 265. The van der Waals surface area contributed by atoms with Crippen molar-refractivity contribution in [2.45, 2.75) is 39.8 Å². The van der Waals surface area contributed by atoms with E-state index in [1.165, 1.54) is 4.88 Å². The summed E-state index contributed by atoms with van der Waals surface area (Å²) in [5, 5.41) is 0. The molecule has 1 aromatic heterocycles. The first-order valence-electron chi connectivity index (χ1n) is 4.29. The fourth-order valence-electron chi connectivity index (χ4n) is 0.814.